The second-order valence-corrected chi connectivity index (χ2v) is 6.89. The van der Waals surface area contributed by atoms with E-state index in [1.54, 1.807) is 31.2 Å². The predicted octanol–water partition coefficient (Wildman–Crippen LogP) is 2.41. The highest BCUT2D eigenvalue weighted by Crippen LogP contribution is 2.28. The number of hydrogen-bond donors (Lipinski definition) is 2. The van der Waals surface area contributed by atoms with Gasteiger partial charge < -0.3 is 15.4 Å². The Labute approximate surface area is 176 Å². The maximum absolute atomic E-state index is 13.4. The number of hydrogen-bond acceptors (Lipinski definition) is 5. The molecule has 0 saturated carbocycles. The van der Waals surface area contributed by atoms with E-state index >= 15 is 0 Å². The normalized spacial score (nSPS) is 16.1. The number of allylic oxidation sites excluding steroid dienone is 1. The molecule has 2 N–H and O–H groups in total. The molecule has 0 fully saturated rings. The lowest BCUT2D eigenvalue weighted by Gasteiger charge is -2.29. The Morgan fingerprint density at radius 3 is 2.71 bits per heavy atom. The largest absolute Gasteiger partial charge is 0.463 e. The average molecular weight is 422 g/mol. The Bertz CT molecular complexity index is 1250. The zero-order valence-corrected chi connectivity index (χ0v) is 16.6. The third kappa shape index (κ3) is 4.02. The minimum absolute atomic E-state index is 0.121. The van der Waals surface area contributed by atoms with Crippen LogP contribution in [0.2, 0.25) is 0 Å². The van der Waals surface area contributed by atoms with Gasteiger partial charge in [0.1, 0.15) is 5.82 Å². The summed E-state index contributed by atoms with van der Waals surface area (Å²) in [4.78, 5) is 42.2. The number of carbonyl (C=O) groups excluding carboxylic acids is 2. The Morgan fingerprint density at radius 2 is 1.97 bits per heavy atom. The van der Waals surface area contributed by atoms with Gasteiger partial charge in [0, 0.05) is 6.07 Å². The molecular weight excluding hydrogens is 403 g/mol. The molecular formula is C22H19FN4O4. The molecule has 0 radical (unpaired) electrons. The summed E-state index contributed by atoms with van der Waals surface area (Å²) in [7, 11) is 0. The molecule has 158 valence electrons. The highest BCUT2D eigenvalue weighted by molar-refractivity contribution is 5.95. The second-order valence-electron chi connectivity index (χ2n) is 6.89. The van der Waals surface area contributed by atoms with Crippen LogP contribution < -0.4 is 16.2 Å². The number of nitrogens with zero attached hydrogens (tertiary/aromatic N) is 2. The fourth-order valence-corrected chi connectivity index (χ4v) is 3.50. The molecule has 2 heterocycles. The number of rotatable bonds is 5. The number of ether oxygens (including phenoxy) is 1. The van der Waals surface area contributed by atoms with Crippen LogP contribution in [0.4, 0.5) is 9.18 Å². The average Bonchev–Trinajstić information content (AvgIpc) is 2.76. The molecule has 4 rings (SSSR count). The van der Waals surface area contributed by atoms with E-state index in [0.29, 0.717) is 5.56 Å². The first-order valence-electron chi connectivity index (χ1n) is 9.65. The number of nitrogens with one attached hydrogen (secondary N) is 2. The van der Waals surface area contributed by atoms with Gasteiger partial charge in [-0.3, -0.25) is 9.36 Å². The number of esters is 1. The van der Waals surface area contributed by atoms with E-state index in [4.69, 9.17) is 4.74 Å². The standard InChI is InChI=1S/C22H19FN4O4/c1-2-31-21(29)18-17(25-22(30)26-19(18)13-6-4-3-5-7-13)11-27-12-24-16-10-14(23)8-9-15(16)20(27)28/h3-10,12,19H,2,11H2,1H3,(H2,25,26,30)/t19-/m0/s1. The Hall–Kier alpha value is -4.01. The van der Waals surface area contributed by atoms with Crippen molar-refractivity contribution < 1.29 is 18.7 Å². The minimum Gasteiger partial charge on any atom is -0.463 e. The van der Waals surface area contributed by atoms with Crippen molar-refractivity contribution in [3.63, 3.8) is 0 Å². The topological polar surface area (TPSA) is 102 Å². The van der Waals surface area contributed by atoms with Crippen molar-refractivity contribution >= 4 is 22.9 Å². The van der Waals surface area contributed by atoms with Crippen molar-refractivity contribution in [2.45, 2.75) is 19.5 Å². The van der Waals surface area contributed by atoms with Crippen molar-refractivity contribution in [1.82, 2.24) is 20.2 Å². The van der Waals surface area contributed by atoms with Gasteiger partial charge in [-0.1, -0.05) is 30.3 Å². The molecule has 2 aromatic carbocycles. The molecule has 0 spiro atoms. The molecule has 0 bridgehead atoms. The first-order valence-corrected chi connectivity index (χ1v) is 9.65. The number of urea groups is 1. The lowest BCUT2D eigenvalue weighted by Crippen LogP contribution is -2.47. The molecule has 3 aromatic rings. The molecule has 2 amide bonds. The van der Waals surface area contributed by atoms with Crippen LogP contribution in [-0.4, -0.2) is 28.2 Å². The van der Waals surface area contributed by atoms with Gasteiger partial charge in [-0.05, 0) is 24.6 Å². The summed E-state index contributed by atoms with van der Waals surface area (Å²) in [6.07, 6.45) is 1.26. The van der Waals surface area contributed by atoms with Gasteiger partial charge in [0.25, 0.3) is 5.56 Å². The quantitative estimate of drug-likeness (QED) is 0.615. The van der Waals surface area contributed by atoms with Gasteiger partial charge in [0.2, 0.25) is 0 Å². The number of halogens is 1. The molecule has 9 heteroatoms. The van der Waals surface area contributed by atoms with Crippen LogP contribution in [0.5, 0.6) is 0 Å². The summed E-state index contributed by atoms with van der Waals surface area (Å²) < 4.78 is 19.9. The molecule has 1 aliphatic rings. The van der Waals surface area contributed by atoms with Crippen LogP contribution in [0, 0.1) is 5.82 Å². The van der Waals surface area contributed by atoms with E-state index < -0.39 is 29.4 Å². The van der Waals surface area contributed by atoms with Crippen molar-refractivity contribution in [3.8, 4) is 0 Å². The van der Waals surface area contributed by atoms with Crippen LogP contribution in [0.15, 0.2) is 70.9 Å². The van der Waals surface area contributed by atoms with Gasteiger partial charge in [0.15, 0.2) is 0 Å². The Balaban J connectivity index is 1.82. The van der Waals surface area contributed by atoms with E-state index in [-0.39, 0.29) is 35.3 Å². The summed E-state index contributed by atoms with van der Waals surface area (Å²) in [5, 5.41) is 5.58. The number of amides is 2. The summed E-state index contributed by atoms with van der Waals surface area (Å²) in [6.45, 7) is 1.71. The summed E-state index contributed by atoms with van der Waals surface area (Å²) in [5.41, 5.74) is 0.902. The molecule has 1 aliphatic heterocycles. The third-order valence-corrected chi connectivity index (χ3v) is 4.90. The van der Waals surface area contributed by atoms with E-state index in [2.05, 4.69) is 15.6 Å². The molecule has 8 nitrogen and oxygen atoms in total. The fraction of sp³-hybridized carbons (Fsp3) is 0.182. The summed E-state index contributed by atoms with van der Waals surface area (Å²) in [5.74, 6) is -1.11. The molecule has 1 atom stereocenters. The number of aromatic nitrogens is 2. The third-order valence-electron chi connectivity index (χ3n) is 4.90. The molecule has 0 saturated heterocycles. The Morgan fingerprint density at radius 1 is 1.19 bits per heavy atom. The zero-order chi connectivity index (χ0) is 22.0. The first kappa shape index (κ1) is 20.3. The van der Waals surface area contributed by atoms with Gasteiger partial charge >= 0.3 is 12.0 Å². The van der Waals surface area contributed by atoms with Crippen LogP contribution in [0.1, 0.15) is 18.5 Å². The van der Waals surface area contributed by atoms with Crippen LogP contribution in [0.3, 0.4) is 0 Å². The molecule has 1 aromatic heterocycles. The SMILES string of the molecule is CCOC(=O)C1=C(Cn2cnc3cc(F)ccc3c2=O)NC(=O)N[C@H]1c1ccccc1. The molecule has 31 heavy (non-hydrogen) atoms. The lowest BCUT2D eigenvalue weighted by molar-refractivity contribution is -0.139. The monoisotopic (exact) mass is 422 g/mol. The van der Waals surface area contributed by atoms with Gasteiger partial charge in [0.05, 0.1) is 47.7 Å². The van der Waals surface area contributed by atoms with Crippen molar-refractivity contribution in [2.75, 3.05) is 6.61 Å². The highest BCUT2D eigenvalue weighted by atomic mass is 19.1. The second kappa shape index (κ2) is 8.39. The lowest BCUT2D eigenvalue weighted by atomic mass is 9.95. The number of carbonyl (C=O) groups is 2. The Kier molecular flexibility index (Phi) is 5.48. The van der Waals surface area contributed by atoms with Gasteiger partial charge in [-0.2, -0.15) is 0 Å². The maximum Gasteiger partial charge on any atom is 0.338 e. The zero-order valence-electron chi connectivity index (χ0n) is 16.6. The van der Waals surface area contributed by atoms with Crippen LogP contribution in [-0.2, 0) is 16.1 Å². The van der Waals surface area contributed by atoms with Crippen molar-refractivity contribution in [3.05, 3.63) is 87.9 Å². The van der Waals surface area contributed by atoms with E-state index in [1.807, 2.05) is 6.07 Å². The molecule has 0 aliphatic carbocycles. The van der Waals surface area contributed by atoms with E-state index in [0.717, 1.165) is 0 Å². The van der Waals surface area contributed by atoms with Crippen molar-refractivity contribution in [2.24, 2.45) is 0 Å². The maximum atomic E-state index is 13.4. The fourth-order valence-electron chi connectivity index (χ4n) is 3.50. The van der Waals surface area contributed by atoms with E-state index in [1.165, 1.54) is 29.1 Å². The van der Waals surface area contributed by atoms with Gasteiger partial charge in [-0.15, -0.1) is 0 Å². The first-order chi connectivity index (χ1) is 15.0. The van der Waals surface area contributed by atoms with Gasteiger partial charge in [-0.25, -0.2) is 19.0 Å². The summed E-state index contributed by atoms with van der Waals surface area (Å²) >= 11 is 0. The summed E-state index contributed by atoms with van der Waals surface area (Å²) in [6, 6.07) is 11.4. The highest BCUT2D eigenvalue weighted by Gasteiger charge is 2.33. The van der Waals surface area contributed by atoms with E-state index in [9.17, 15) is 18.8 Å². The minimum atomic E-state index is -0.748. The number of benzene rings is 2. The van der Waals surface area contributed by atoms with Crippen molar-refractivity contribution in [1.29, 1.82) is 0 Å². The predicted molar refractivity (Wildman–Crippen MR) is 110 cm³/mol. The number of fused-ring (bicyclic) bond motifs is 1. The molecule has 0 unspecified atom stereocenters. The van der Waals surface area contributed by atoms with Crippen LogP contribution in [0.25, 0.3) is 10.9 Å². The van der Waals surface area contributed by atoms with Crippen LogP contribution >= 0.6 is 0 Å². The smallest absolute Gasteiger partial charge is 0.338 e.